The van der Waals surface area contributed by atoms with Crippen molar-refractivity contribution in [3.05, 3.63) is 53.4 Å². The molecule has 0 N–H and O–H groups in total. The van der Waals surface area contributed by atoms with Crippen LogP contribution >= 0.6 is 11.3 Å². The summed E-state index contributed by atoms with van der Waals surface area (Å²) in [6.07, 6.45) is 1.87. The van der Waals surface area contributed by atoms with Gasteiger partial charge in [0.1, 0.15) is 17.2 Å². The monoisotopic (exact) mass is 426 g/mol. The van der Waals surface area contributed by atoms with E-state index >= 15 is 0 Å². The van der Waals surface area contributed by atoms with Crippen LogP contribution in [0.2, 0.25) is 0 Å². The second-order valence-corrected chi connectivity index (χ2v) is 7.46. The third-order valence-electron chi connectivity index (χ3n) is 4.72. The normalized spacial score (nSPS) is 10.5. The van der Waals surface area contributed by atoms with Crippen molar-refractivity contribution in [1.29, 1.82) is 0 Å². The van der Waals surface area contributed by atoms with Gasteiger partial charge in [0.05, 0.1) is 27.0 Å². The Labute approximate surface area is 181 Å². The lowest BCUT2D eigenvalue weighted by Gasteiger charge is -2.20. The van der Waals surface area contributed by atoms with Gasteiger partial charge >= 0.3 is 0 Å². The number of methoxy groups -OCH3 is 3. The molecule has 30 heavy (non-hydrogen) atoms. The molecule has 0 radical (unpaired) electrons. The van der Waals surface area contributed by atoms with Gasteiger partial charge in [-0.15, -0.1) is 11.3 Å². The summed E-state index contributed by atoms with van der Waals surface area (Å²) in [4.78, 5) is 19.7. The maximum atomic E-state index is 13.2. The highest BCUT2D eigenvalue weighted by atomic mass is 32.1. The molecule has 1 aromatic heterocycles. The Morgan fingerprint density at radius 2 is 1.70 bits per heavy atom. The summed E-state index contributed by atoms with van der Waals surface area (Å²) in [7, 11) is 4.85. The van der Waals surface area contributed by atoms with Crippen LogP contribution in [0, 0.1) is 0 Å². The first-order valence-corrected chi connectivity index (χ1v) is 10.6. The van der Waals surface area contributed by atoms with Crippen LogP contribution in [0.1, 0.15) is 30.1 Å². The minimum atomic E-state index is -0.0791. The van der Waals surface area contributed by atoms with Gasteiger partial charge in [-0.3, -0.25) is 9.69 Å². The van der Waals surface area contributed by atoms with Gasteiger partial charge in [-0.25, -0.2) is 4.98 Å². The first-order valence-electron chi connectivity index (χ1n) is 9.75. The van der Waals surface area contributed by atoms with Crippen molar-refractivity contribution in [2.75, 3.05) is 32.8 Å². The van der Waals surface area contributed by atoms with Gasteiger partial charge < -0.3 is 14.2 Å². The maximum absolute atomic E-state index is 13.2. The Bertz CT molecular complexity index is 985. The Hall–Kier alpha value is -3.06. The molecule has 158 valence electrons. The summed E-state index contributed by atoms with van der Waals surface area (Å²) in [5.74, 6) is 2.06. The van der Waals surface area contributed by atoms with Crippen molar-refractivity contribution in [3.8, 4) is 28.5 Å². The molecule has 2 aromatic carbocycles. The predicted octanol–water partition coefficient (Wildman–Crippen LogP) is 5.28. The molecule has 0 atom stereocenters. The lowest BCUT2D eigenvalue weighted by Crippen LogP contribution is -2.31. The van der Waals surface area contributed by atoms with Gasteiger partial charge in [-0.05, 0) is 48.9 Å². The molecule has 3 aromatic rings. The molecule has 1 heterocycles. The van der Waals surface area contributed by atoms with Crippen LogP contribution in [-0.4, -0.2) is 38.8 Å². The number of nitrogens with zero attached hydrogens (tertiary/aromatic N) is 2. The number of hydrogen-bond acceptors (Lipinski definition) is 6. The zero-order valence-electron chi connectivity index (χ0n) is 17.7. The first kappa shape index (κ1) is 21.6. The largest absolute Gasteiger partial charge is 0.497 e. The second-order valence-electron chi connectivity index (χ2n) is 6.62. The van der Waals surface area contributed by atoms with E-state index in [4.69, 9.17) is 19.2 Å². The predicted molar refractivity (Wildman–Crippen MR) is 120 cm³/mol. The molecule has 0 bridgehead atoms. The number of thiazole rings is 1. The third-order valence-corrected chi connectivity index (χ3v) is 5.59. The van der Waals surface area contributed by atoms with Gasteiger partial charge in [0.2, 0.25) is 0 Å². The van der Waals surface area contributed by atoms with Crippen LogP contribution in [0.5, 0.6) is 17.2 Å². The van der Waals surface area contributed by atoms with E-state index in [9.17, 15) is 4.79 Å². The van der Waals surface area contributed by atoms with Gasteiger partial charge in [-0.1, -0.05) is 13.3 Å². The average Bonchev–Trinajstić information content (AvgIpc) is 3.28. The van der Waals surface area contributed by atoms with Crippen molar-refractivity contribution in [3.63, 3.8) is 0 Å². The summed E-state index contributed by atoms with van der Waals surface area (Å²) >= 11 is 1.44. The molecule has 0 aliphatic heterocycles. The van der Waals surface area contributed by atoms with E-state index in [0.717, 1.165) is 29.8 Å². The van der Waals surface area contributed by atoms with Crippen LogP contribution in [-0.2, 0) is 0 Å². The molecule has 1 amide bonds. The molecule has 0 saturated carbocycles. The van der Waals surface area contributed by atoms with E-state index in [1.165, 1.54) is 11.3 Å². The minimum Gasteiger partial charge on any atom is -0.497 e. The van der Waals surface area contributed by atoms with Crippen molar-refractivity contribution in [1.82, 2.24) is 4.98 Å². The summed E-state index contributed by atoms with van der Waals surface area (Å²) in [5.41, 5.74) is 2.17. The van der Waals surface area contributed by atoms with Crippen LogP contribution < -0.4 is 19.1 Å². The van der Waals surface area contributed by atoms with Crippen LogP contribution in [0.4, 0.5) is 5.13 Å². The van der Waals surface area contributed by atoms with E-state index < -0.39 is 0 Å². The Morgan fingerprint density at radius 3 is 2.33 bits per heavy atom. The fraction of sp³-hybridized carbons (Fsp3) is 0.304. The van der Waals surface area contributed by atoms with E-state index in [-0.39, 0.29) is 5.91 Å². The number of carbonyl (C=O) groups is 1. The smallest absolute Gasteiger partial charge is 0.260 e. The molecule has 6 nitrogen and oxygen atoms in total. The zero-order chi connectivity index (χ0) is 21.5. The lowest BCUT2D eigenvalue weighted by atomic mass is 10.1. The molecular formula is C23H26N2O4S. The van der Waals surface area contributed by atoms with Crippen LogP contribution in [0.15, 0.2) is 47.8 Å². The van der Waals surface area contributed by atoms with Crippen molar-refractivity contribution >= 4 is 22.4 Å². The highest BCUT2D eigenvalue weighted by Gasteiger charge is 2.22. The summed E-state index contributed by atoms with van der Waals surface area (Å²) in [6.45, 7) is 2.70. The van der Waals surface area contributed by atoms with E-state index in [2.05, 4.69) is 6.92 Å². The molecule has 0 aliphatic carbocycles. The number of ether oxygens (including phenoxy) is 3. The first-order chi connectivity index (χ1) is 14.6. The Morgan fingerprint density at radius 1 is 1.00 bits per heavy atom. The number of rotatable bonds is 9. The van der Waals surface area contributed by atoms with Crippen molar-refractivity contribution in [2.45, 2.75) is 19.8 Å². The topological polar surface area (TPSA) is 60.9 Å². The average molecular weight is 427 g/mol. The maximum Gasteiger partial charge on any atom is 0.260 e. The molecule has 0 aliphatic rings. The number of aromatic nitrogens is 1. The molecule has 7 heteroatoms. The third kappa shape index (κ3) is 4.74. The lowest BCUT2D eigenvalue weighted by molar-refractivity contribution is 0.0986. The summed E-state index contributed by atoms with van der Waals surface area (Å²) in [6, 6.07) is 12.7. The molecule has 0 fully saturated rings. The van der Waals surface area contributed by atoms with Crippen LogP contribution in [0.3, 0.4) is 0 Å². The van der Waals surface area contributed by atoms with Gasteiger partial charge in [0.15, 0.2) is 5.13 Å². The molecule has 0 saturated heterocycles. The SMILES string of the molecule is CCCCN(C(=O)c1ccc(OC)cc1)c1nc(-c2cc(OC)ccc2OC)cs1. The number of carbonyl (C=O) groups excluding carboxylic acids is 1. The Balaban J connectivity index is 1.94. The number of anilines is 1. The zero-order valence-corrected chi connectivity index (χ0v) is 18.5. The van der Waals surface area contributed by atoms with E-state index in [1.807, 2.05) is 23.6 Å². The van der Waals surface area contributed by atoms with Crippen LogP contribution in [0.25, 0.3) is 11.3 Å². The van der Waals surface area contributed by atoms with E-state index in [1.54, 1.807) is 50.5 Å². The molecule has 3 rings (SSSR count). The number of hydrogen-bond donors (Lipinski definition) is 0. The van der Waals surface area contributed by atoms with Gasteiger partial charge in [-0.2, -0.15) is 0 Å². The van der Waals surface area contributed by atoms with Crippen molar-refractivity contribution < 1.29 is 19.0 Å². The van der Waals surface area contributed by atoms with E-state index in [0.29, 0.717) is 28.7 Å². The fourth-order valence-electron chi connectivity index (χ4n) is 3.02. The summed E-state index contributed by atoms with van der Waals surface area (Å²) < 4.78 is 16.0. The van der Waals surface area contributed by atoms with Gasteiger partial charge in [0.25, 0.3) is 5.91 Å². The van der Waals surface area contributed by atoms with Gasteiger partial charge in [0, 0.05) is 23.1 Å². The molecule has 0 spiro atoms. The quantitative estimate of drug-likeness (QED) is 0.466. The summed E-state index contributed by atoms with van der Waals surface area (Å²) in [5, 5.41) is 2.59. The minimum absolute atomic E-state index is 0.0791. The standard InChI is InChI=1S/C23H26N2O4S/c1-5-6-13-25(22(26)16-7-9-17(27-2)10-8-16)23-24-20(15-30-23)19-14-18(28-3)11-12-21(19)29-4/h7-12,14-15H,5-6,13H2,1-4H3. The second kappa shape index (κ2) is 10.1. The highest BCUT2D eigenvalue weighted by molar-refractivity contribution is 7.14. The molecule has 0 unspecified atom stereocenters. The number of amides is 1. The molecular weight excluding hydrogens is 400 g/mol. The Kier molecular flexibility index (Phi) is 7.30. The van der Waals surface area contributed by atoms with Crippen molar-refractivity contribution in [2.24, 2.45) is 0 Å². The highest BCUT2D eigenvalue weighted by Crippen LogP contribution is 2.36. The number of benzene rings is 2. The fourth-order valence-corrected chi connectivity index (χ4v) is 3.87. The number of unbranched alkanes of at least 4 members (excludes halogenated alkanes) is 1.